The second kappa shape index (κ2) is 7.89. The molecule has 0 bridgehead atoms. The molecule has 2 aromatic rings. The lowest BCUT2D eigenvalue weighted by Crippen LogP contribution is -2.46. The van der Waals surface area contributed by atoms with Crippen molar-refractivity contribution in [2.75, 3.05) is 50.1 Å². The van der Waals surface area contributed by atoms with Gasteiger partial charge in [0.15, 0.2) is 0 Å². The van der Waals surface area contributed by atoms with Crippen LogP contribution in [-0.4, -0.2) is 54.7 Å². The van der Waals surface area contributed by atoms with Crippen LogP contribution in [0.25, 0.3) is 0 Å². The topological polar surface area (TPSA) is 53.5 Å². The first-order chi connectivity index (χ1) is 12.1. The number of halogens is 1. The van der Waals surface area contributed by atoms with Crippen LogP contribution in [0.1, 0.15) is 12.6 Å². The largest absolute Gasteiger partial charge is 0.495 e. The molecule has 1 aromatic heterocycles. The van der Waals surface area contributed by atoms with Gasteiger partial charge in [-0.05, 0) is 31.7 Å². The Morgan fingerprint density at radius 2 is 1.92 bits per heavy atom. The van der Waals surface area contributed by atoms with Gasteiger partial charge in [-0.2, -0.15) is 4.98 Å². The average molecular weight is 362 g/mol. The number of hydrogen-bond acceptors (Lipinski definition) is 6. The molecule has 1 fully saturated rings. The van der Waals surface area contributed by atoms with Crippen molar-refractivity contribution in [2.24, 2.45) is 0 Å². The minimum Gasteiger partial charge on any atom is -0.495 e. The normalized spacial score (nSPS) is 15.3. The van der Waals surface area contributed by atoms with Crippen LogP contribution in [0, 0.1) is 6.92 Å². The van der Waals surface area contributed by atoms with E-state index in [2.05, 4.69) is 27.0 Å². The van der Waals surface area contributed by atoms with Crippen LogP contribution >= 0.6 is 11.6 Å². The Kier molecular flexibility index (Phi) is 5.60. The number of aryl methyl sites for hydroxylation is 1. The smallest absolute Gasteiger partial charge is 0.227 e. The molecule has 0 atom stereocenters. The van der Waals surface area contributed by atoms with Gasteiger partial charge in [-0.3, -0.25) is 0 Å². The van der Waals surface area contributed by atoms with Crippen molar-refractivity contribution < 1.29 is 4.74 Å². The van der Waals surface area contributed by atoms with Gasteiger partial charge in [0.05, 0.1) is 12.8 Å². The van der Waals surface area contributed by atoms with E-state index in [1.165, 1.54) is 0 Å². The first-order valence-electron chi connectivity index (χ1n) is 8.52. The van der Waals surface area contributed by atoms with Crippen LogP contribution < -0.4 is 15.0 Å². The Labute approximate surface area is 153 Å². The van der Waals surface area contributed by atoms with Crippen molar-refractivity contribution >= 4 is 29.1 Å². The highest BCUT2D eigenvalue weighted by Crippen LogP contribution is 2.30. The SMILES string of the molecule is CCN1CCN(c2nc(C)cc(Nc3cc(Cl)ccc3OC)n2)CC1. The first-order valence-corrected chi connectivity index (χ1v) is 8.90. The summed E-state index contributed by atoms with van der Waals surface area (Å²) in [5, 5.41) is 3.95. The number of benzene rings is 1. The molecule has 134 valence electrons. The van der Waals surface area contributed by atoms with E-state index < -0.39 is 0 Å². The lowest BCUT2D eigenvalue weighted by Gasteiger charge is -2.34. The number of piperazine rings is 1. The third-order valence-corrected chi connectivity index (χ3v) is 4.60. The molecule has 0 unspecified atom stereocenters. The molecular formula is C18H24ClN5O. The fraction of sp³-hybridized carbons (Fsp3) is 0.444. The van der Waals surface area contributed by atoms with Gasteiger partial charge >= 0.3 is 0 Å². The van der Waals surface area contributed by atoms with Crippen LogP contribution in [0.3, 0.4) is 0 Å². The molecule has 0 radical (unpaired) electrons. The molecule has 1 N–H and O–H groups in total. The molecule has 2 heterocycles. The summed E-state index contributed by atoms with van der Waals surface area (Å²) in [6.07, 6.45) is 0. The van der Waals surface area contributed by atoms with Crippen LogP contribution in [0.15, 0.2) is 24.3 Å². The lowest BCUT2D eigenvalue weighted by atomic mass is 10.3. The third kappa shape index (κ3) is 4.32. The molecule has 3 rings (SSSR count). The number of hydrogen-bond donors (Lipinski definition) is 1. The summed E-state index contributed by atoms with van der Waals surface area (Å²) in [5.41, 5.74) is 1.71. The zero-order valence-electron chi connectivity index (χ0n) is 14.9. The molecule has 1 aromatic carbocycles. The van der Waals surface area contributed by atoms with Crippen LogP contribution in [0.2, 0.25) is 5.02 Å². The van der Waals surface area contributed by atoms with E-state index in [9.17, 15) is 0 Å². The summed E-state index contributed by atoms with van der Waals surface area (Å²) in [6, 6.07) is 7.39. The van der Waals surface area contributed by atoms with E-state index in [4.69, 9.17) is 21.3 Å². The predicted octanol–water partition coefficient (Wildman–Crippen LogP) is 3.33. The number of nitrogens with one attached hydrogen (secondary N) is 1. The van der Waals surface area contributed by atoms with Crippen LogP contribution in [0.4, 0.5) is 17.5 Å². The Balaban J connectivity index is 1.82. The maximum absolute atomic E-state index is 6.11. The average Bonchev–Trinajstić information content (AvgIpc) is 2.61. The van der Waals surface area contributed by atoms with Crippen molar-refractivity contribution in [3.8, 4) is 5.75 Å². The van der Waals surface area contributed by atoms with Gasteiger partial charge in [-0.25, -0.2) is 4.98 Å². The number of methoxy groups -OCH3 is 1. The van der Waals surface area contributed by atoms with Gasteiger partial charge < -0.3 is 19.9 Å². The molecule has 0 amide bonds. The maximum atomic E-state index is 6.11. The Bertz CT molecular complexity index is 731. The summed E-state index contributed by atoms with van der Waals surface area (Å²) in [7, 11) is 1.64. The number of rotatable bonds is 5. The molecular weight excluding hydrogens is 338 g/mol. The number of aromatic nitrogens is 2. The second-order valence-corrected chi connectivity index (χ2v) is 6.52. The van der Waals surface area contributed by atoms with Crippen molar-refractivity contribution in [1.29, 1.82) is 0 Å². The van der Waals surface area contributed by atoms with E-state index in [0.717, 1.165) is 61.6 Å². The quantitative estimate of drug-likeness (QED) is 0.881. The van der Waals surface area contributed by atoms with Gasteiger partial charge in [0.25, 0.3) is 0 Å². The minimum atomic E-state index is 0.644. The zero-order valence-corrected chi connectivity index (χ0v) is 15.7. The Hall–Kier alpha value is -2.05. The Morgan fingerprint density at radius 3 is 2.60 bits per heavy atom. The first kappa shape index (κ1) is 17.8. The van der Waals surface area contributed by atoms with E-state index in [1.807, 2.05) is 25.1 Å². The molecule has 0 saturated carbocycles. The number of anilines is 3. The number of nitrogens with zero attached hydrogens (tertiary/aromatic N) is 4. The third-order valence-electron chi connectivity index (χ3n) is 4.37. The highest BCUT2D eigenvalue weighted by molar-refractivity contribution is 6.31. The molecule has 25 heavy (non-hydrogen) atoms. The molecule has 1 saturated heterocycles. The molecule has 0 spiro atoms. The summed E-state index contributed by atoms with van der Waals surface area (Å²) in [4.78, 5) is 14.0. The molecule has 1 aliphatic heterocycles. The van der Waals surface area contributed by atoms with Crippen molar-refractivity contribution in [1.82, 2.24) is 14.9 Å². The molecule has 1 aliphatic rings. The summed E-state index contributed by atoms with van der Waals surface area (Å²) in [5.74, 6) is 2.22. The van der Waals surface area contributed by atoms with E-state index in [-0.39, 0.29) is 0 Å². The van der Waals surface area contributed by atoms with Crippen molar-refractivity contribution in [3.63, 3.8) is 0 Å². The van der Waals surface area contributed by atoms with Gasteiger partial charge in [0.2, 0.25) is 5.95 Å². The summed E-state index contributed by atoms with van der Waals surface area (Å²) >= 11 is 6.11. The molecule has 0 aliphatic carbocycles. The fourth-order valence-electron chi connectivity index (χ4n) is 2.94. The Morgan fingerprint density at radius 1 is 1.16 bits per heavy atom. The van der Waals surface area contributed by atoms with Crippen molar-refractivity contribution in [2.45, 2.75) is 13.8 Å². The molecule has 6 nitrogen and oxygen atoms in total. The minimum absolute atomic E-state index is 0.644. The predicted molar refractivity (Wildman–Crippen MR) is 102 cm³/mol. The number of likely N-dealkylation sites (N-methyl/N-ethyl adjacent to an activating group) is 1. The standard InChI is InChI=1S/C18H24ClN5O/c1-4-23-7-9-24(10-8-23)18-20-13(2)11-17(22-18)21-15-12-14(19)5-6-16(15)25-3/h5-6,11-12H,4,7-10H2,1-3H3,(H,20,21,22). The monoisotopic (exact) mass is 361 g/mol. The maximum Gasteiger partial charge on any atom is 0.227 e. The highest BCUT2D eigenvalue weighted by atomic mass is 35.5. The highest BCUT2D eigenvalue weighted by Gasteiger charge is 2.18. The van der Waals surface area contributed by atoms with E-state index >= 15 is 0 Å². The van der Waals surface area contributed by atoms with Gasteiger partial charge in [0, 0.05) is 43.0 Å². The summed E-state index contributed by atoms with van der Waals surface area (Å²) in [6.45, 7) is 9.22. The van der Waals surface area contributed by atoms with E-state index in [0.29, 0.717) is 5.02 Å². The van der Waals surface area contributed by atoms with Crippen LogP contribution in [0.5, 0.6) is 5.75 Å². The van der Waals surface area contributed by atoms with Crippen molar-refractivity contribution in [3.05, 3.63) is 35.0 Å². The zero-order chi connectivity index (χ0) is 17.8. The van der Waals surface area contributed by atoms with Gasteiger partial charge in [-0.15, -0.1) is 0 Å². The van der Waals surface area contributed by atoms with Gasteiger partial charge in [-0.1, -0.05) is 18.5 Å². The number of ether oxygens (including phenoxy) is 1. The van der Waals surface area contributed by atoms with Crippen LogP contribution in [-0.2, 0) is 0 Å². The van der Waals surface area contributed by atoms with Gasteiger partial charge in [0.1, 0.15) is 11.6 Å². The lowest BCUT2D eigenvalue weighted by molar-refractivity contribution is 0.270. The second-order valence-electron chi connectivity index (χ2n) is 6.09. The summed E-state index contributed by atoms with van der Waals surface area (Å²) < 4.78 is 5.39. The fourth-order valence-corrected chi connectivity index (χ4v) is 3.11. The van der Waals surface area contributed by atoms with E-state index in [1.54, 1.807) is 13.2 Å². The molecule has 7 heteroatoms.